The maximum atomic E-state index is 13.8. The van der Waals surface area contributed by atoms with E-state index in [-0.39, 0.29) is 37.4 Å². The number of benzene rings is 4. The van der Waals surface area contributed by atoms with E-state index < -0.39 is 0 Å². The highest BCUT2D eigenvalue weighted by atomic mass is 19.1. The number of ether oxygens (including phenoxy) is 2. The first-order chi connectivity index (χ1) is 19.0. The van der Waals surface area contributed by atoms with Gasteiger partial charge >= 0.3 is 0 Å². The van der Waals surface area contributed by atoms with E-state index in [2.05, 4.69) is 5.32 Å². The summed E-state index contributed by atoms with van der Waals surface area (Å²) in [5, 5.41) is 2.92. The van der Waals surface area contributed by atoms with Crippen LogP contribution in [0.3, 0.4) is 0 Å². The average molecular weight is 523 g/mol. The van der Waals surface area contributed by atoms with Crippen LogP contribution in [-0.4, -0.2) is 18.6 Å². The monoisotopic (exact) mass is 522 g/mol. The zero-order chi connectivity index (χ0) is 27.0. The summed E-state index contributed by atoms with van der Waals surface area (Å²) >= 11 is 0. The predicted molar refractivity (Wildman–Crippen MR) is 148 cm³/mol. The third kappa shape index (κ3) is 6.90. The van der Waals surface area contributed by atoms with Crippen LogP contribution in [0.2, 0.25) is 0 Å². The first-order valence-corrected chi connectivity index (χ1v) is 12.6. The van der Waals surface area contributed by atoms with Crippen molar-refractivity contribution in [2.45, 2.75) is 19.5 Å². The highest BCUT2D eigenvalue weighted by Crippen LogP contribution is 2.32. The van der Waals surface area contributed by atoms with E-state index in [0.717, 1.165) is 16.7 Å². The first-order valence-electron chi connectivity index (χ1n) is 12.6. The molecule has 196 valence electrons. The number of hydrogen-bond donors (Lipinski definition) is 1. The van der Waals surface area contributed by atoms with Gasteiger partial charge in [-0.15, -0.1) is 0 Å². The lowest BCUT2D eigenvalue weighted by atomic mass is 10.1. The maximum Gasteiger partial charge on any atom is 0.251 e. The number of halogens is 1. The number of anilines is 1. The number of carbonyl (C=O) groups excluding carboxylic acids is 2. The van der Waals surface area contributed by atoms with E-state index in [1.165, 1.54) is 18.2 Å². The molecule has 4 aromatic rings. The van der Waals surface area contributed by atoms with Gasteiger partial charge in [0.15, 0.2) is 11.5 Å². The SMILES string of the molecule is O=C(Cc1ccc(N(Cc2cccc(F)c2)C(=O)C=Cc2ccccc2)cc1)NCc1ccc2c(c1)OCO2. The highest BCUT2D eigenvalue weighted by Gasteiger charge is 2.16. The molecule has 5 rings (SSSR count). The molecule has 1 heterocycles. The lowest BCUT2D eigenvalue weighted by Crippen LogP contribution is -2.29. The molecule has 1 N–H and O–H groups in total. The van der Waals surface area contributed by atoms with Gasteiger partial charge < -0.3 is 19.7 Å². The summed E-state index contributed by atoms with van der Waals surface area (Å²) in [6, 6.07) is 28.5. The minimum Gasteiger partial charge on any atom is -0.454 e. The number of nitrogens with zero attached hydrogens (tertiary/aromatic N) is 1. The van der Waals surface area contributed by atoms with Gasteiger partial charge in [-0.1, -0.05) is 60.7 Å². The Morgan fingerprint density at radius 3 is 2.38 bits per heavy atom. The Hall–Kier alpha value is -4.91. The topological polar surface area (TPSA) is 67.9 Å². The molecule has 2 amide bonds. The van der Waals surface area contributed by atoms with Crippen LogP contribution < -0.4 is 19.7 Å². The zero-order valence-corrected chi connectivity index (χ0v) is 21.2. The smallest absolute Gasteiger partial charge is 0.251 e. The first kappa shape index (κ1) is 25.7. The molecular formula is C32H27FN2O4. The third-order valence-corrected chi connectivity index (χ3v) is 6.25. The third-order valence-electron chi connectivity index (χ3n) is 6.25. The van der Waals surface area contributed by atoms with Crippen molar-refractivity contribution in [1.29, 1.82) is 0 Å². The number of amides is 2. The van der Waals surface area contributed by atoms with Gasteiger partial charge in [-0.05, 0) is 64.7 Å². The Morgan fingerprint density at radius 2 is 1.59 bits per heavy atom. The van der Waals surface area contributed by atoms with Gasteiger partial charge in [0.25, 0.3) is 5.91 Å². The number of rotatable bonds is 9. The van der Waals surface area contributed by atoms with Crippen molar-refractivity contribution >= 4 is 23.6 Å². The average Bonchev–Trinajstić information content (AvgIpc) is 3.43. The van der Waals surface area contributed by atoms with Crippen molar-refractivity contribution in [3.63, 3.8) is 0 Å². The van der Waals surface area contributed by atoms with Crippen molar-refractivity contribution in [2.24, 2.45) is 0 Å². The Morgan fingerprint density at radius 1 is 0.821 bits per heavy atom. The van der Waals surface area contributed by atoms with E-state index in [0.29, 0.717) is 29.3 Å². The Labute approximate surface area is 226 Å². The summed E-state index contributed by atoms with van der Waals surface area (Å²) in [6.45, 7) is 0.776. The summed E-state index contributed by atoms with van der Waals surface area (Å²) in [5.74, 6) is 0.650. The van der Waals surface area contributed by atoms with Crippen molar-refractivity contribution in [1.82, 2.24) is 5.32 Å². The van der Waals surface area contributed by atoms with E-state index in [1.54, 1.807) is 35.2 Å². The van der Waals surface area contributed by atoms with Crippen LogP contribution in [0.4, 0.5) is 10.1 Å². The quantitative estimate of drug-likeness (QED) is 0.288. The highest BCUT2D eigenvalue weighted by molar-refractivity contribution is 6.03. The molecule has 0 bridgehead atoms. The van der Waals surface area contributed by atoms with Gasteiger partial charge in [0.2, 0.25) is 12.7 Å². The lowest BCUT2D eigenvalue weighted by molar-refractivity contribution is -0.120. The molecule has 0 unspecified atom stereocenters. The van der Waals surface area contributed by atoms with E-state index >= 15 is 0 Å². The molecular weight excluding hydrogens is 495 g/mol. The largest absolute Gasteiger partial charge is 0.454 e. The van der Waals surface area contributed by atoms with Gasteiger partial charge in [-0.25, -0.2) is 4.39 Å². The van der Waals surface area contributed by atoms with Crippen LogP contribution in [0.15, 0.2) is 103 Å². The van der Waals surface area contributed by atoms with Crippen LogP contribution in [0, 0.1) is 5.82 Å². The van der Waals surface area contributed by atoms with Gasteiger partial charge in [0.1, 0.15) is 5.82 Å². The molecule has 0 saturated carbocycles. The van der Waals surface area contributed by atoms with Crippen LogP contribution >= 0.6 is 0 Å². The zero-order valence-electron chi connectivity index (χ0n) is 21.2. The second kappa shape index (κ2) is 12.1. The van der Waals surface area contributed by atoms with E-state index in [4.69, 9.17) is 9.47 Å². The van der Waals surface area contributed by atoms with Crippen molar-refractivity contribution in [2.75, 3.05) is 11.7 Å². The molecule has 6 nitrogen and oxygen atoms in total. The number of nitrogens with one attached hydrogen (secondary N) is 1. The molecule has 0 aromatic heterocycles. The van der Waals surface area contributed by atoms with Gasteiger partial charge in [0.05, 0.1) is 13.0 Å². The van der Waals surface area contributed by atoms with E-state index in [1.807, 2.05) is 60.7 Å². The minimum absolute atomic E-state index is 0.126. The second-order valence-electron chi connectivity index (χ2n) is 9.11. The molecule has 0 fully saturated rings. The standard InChI is InChI=1S/C32H27FN2O4/c33-27-8-4-7-26(17-27)21-35(32(37)16-12-23-5-2-1-3-6-23)28-13-9-24(10-14-28)19-31(36)34-20-25-11-15-29-30(18-25)39-22-38-29/h1-18H,19-22H2,(H,34,36). The molecule has 7 heteroatoms. The predicted octanol–water partition coefficient (Wildman–Crippen LogP) is 5.66. The molecule has 4 aromatic carbocycles. The Balaban J connectivity index is 1.25. The summed E-state index contributed by atoms with van der Waals surface area (Å²) in [7, 11) is 0. The maximum absolute atomic E-state index is 13.8. The van der Waals surface area contributed by atoms with Crippen LogP contribution in [-0.2, 0) is 29.1 Å². The fourth-order valence-corrected chi connectivity index (χ4v) is 4.23. The van der Waals surface area contributed by atoms with Crippen molar-refractivity contribution in [3.8, 4) is 11.5 Å². The Bertz CT molecular complexity index is 1490. The normalized spacial score (nSPS) is 11.9. The second-order valence-corrected chi connectivity index (χ2v) is 9.11. The molecule has 1 aliphatic rings. The Kier molecular flexibility index (Phi) is 7.98. The summed E-state index contributed by atoms with van der Waals surface area (Å²) in [5.41, 5.74) is 3.94. The van der Waals surface area contributed by atoms with Crippen molar-refractivity contribution in [3.05, 3.63) is 131 Å². The fourth-order valence-electron chi connectivity index (χ4n) is 4.23. The number of hydrogen-bond acceptors (Lipinski definition) is 4. The van der Waals surface area contributed by atoms with Gasteiger partial charge in [-0.3, -0.25) is 9.59 Å². The summed E-state index contributed by atoms with van der Waals surface area (Å²) in [6.07, 6.45) is 3.45. The lowest BCUT2D eigenvalue weighted by Gasteiger charge is -2.22. The van der Waals surface area contributed by atoms with Gasteiger partial charge in [-0.2, -0.15) is 0 Å². The molecule has 0 atom stereocenters. The summed E-state index contributed by atoms with van der Waals surface area (Å²) in [4.78, 5) is 27.4. The molecule has 39 heavy (non-hydrogen) atoms. The van der Waals surface area contributed by atoms with Crippen LogP contribution in [0.25, 0.3) is 6.08 Å². The minimum atomic E-state index is -0.359. The fraction of sp³-hybridized carbons (Fsp3) is 0.125. The van der Waals surface area contributed by atoms with Crippen molar-refractivity contribution < 1.29 is 23.5 Å². The molecule has 0 radical (unpaired) electrons. The van der Waals surface area contributed by atoms with Crippen LogP contribution in [0.1, 0.15) is 22.3 Å². The number of fused-ring (bicyclic) bond motifs is 1. The number of carbonyl (C=O) groups is 2. The molecule has 1 aliphatic heterocycles. The molecule has 0 spiro atoms. The molecule has 0 aliphatic carbocycles. The van der Waals surface area contributed by atoms with Crippen LogP contribution in [0.5, 0.6) is 11.5 Å². The summed E-state index contributed by atoms with van der Waals surface area (Å²) < 4.78 is 24.5. The molecule has 0 saturated heterocycles. The van der Waals surface area contributed by atoms with E-state index in [9.17, 15) is 14.0 Å². The van der Waals surface area contributed by atoms with Gasteiger partial charge in [0, 0.05) is 18.3 Å².